The zero-order chi connectivity index (χ0) is 17.2. The van der Waals surface area contributed by atoms with Crippen LogP contribution in [0.2, 0.25) is 0 Å². The molecule has 0 unspecified atom stereocenters. The summed E-state index contributed by atoms with van der Waals surface area (Å²) in [6.07, 6.45) is 2.56. The van der Waals surface area contributed by atoms with Crippen molar-refractivity contribution in [2.24, 2.45) is 0 Å². The van der Waals surface area contributed by atoms with Gasteiger partial charge in [-0.1, -0.05) is 19.1 Å². The van der Waals surface area contributed by atoms with Crippen molar-refractivity contribution in [2.75, 3.05) is 43.1 Å². The number of aromatic nitrogens is 4. The number of para-hydroxylation sites is 2. The Balaban J connectivity index is 1.57. The van der Waals surface area contributed by atoms with Crippen LogP contribution in [0.25, 0.3) is 5.65 Å². The molecule has 1 aliphatic rings. The lowest BCUT2D eigenvalue weighted by Crippen LogP contribution is -2.46. The molecule has 7 nitrogen and oxygen atoms in total. The maximum Gasteiger partial charge on any atom is 0.200 e. The standard InChI is InChI=1S/C18H22N6O/c1-3-14-12-16(18-20-19-13-24(18)21-14)23-10-8-22(9-11-23)15-6-4-5-7-17(15)25-2/h4-7,12-13H,3,8-11H2,1-2H3. The van der Waals surface area contributed by atoms with E-state index in [2.05, 4.69) is 50.2 Å². The van der Waals surface area contributed by atoms with Crippen molar-refractivity contribution in [2.45, 2.75) is 13.3 Å². The van der Waals surface area contributed by atoms with E-state index in [1.54, 1.807) is 18.0 Å². The number of benzene rings is 1. The second kappa shape index (κ2) is 6.58. The van der Waals surface area contributed by atoms with Gasteiger partial charge in [0.2, 0.25) is 5.65 Å². The second-order valence-corrected chi connectivity index (χ2v) is 6.12. The molecule has 25 heavy (non-hydrogen) atoms. The molecule has 0 aliphatic carbocycles. The number of nitrogens with zero attached hydrogens (tertiary/aromatic N) is 6. The molecular formula is C18H22N6O. The first-order valence-corrected chi connectivity index (χ1v) is 8.63. The molecule has 0 radical (unpaired) electrons. The van der Waals surface area contributed by atoms with Gasteiger partial charge in [0.15, 0.2) is 0 Å². The quantitative estimate of drug-likeness (QED) is 0.725. The summed E-state index contributed by atoms with van der Waals surface area (Å²) >= 11 is 0. The zero-order valence-corrected chi connectivity index (χ0v) is 14.6. The average molecular weight is 338 g/mol. The molecule has 4 rings (SSSR count). The third-order valence-electron chi connectivity index (χ3n) is 4.71. The Hall–Kier alpha value is -2.83. The Morgan fingerprint density at radius 3 is 2.48 bits per heavy atom. The molecule has 3 aromatic rings. The van der Waals surface area contributed by atoms with Crippen molar-refractivity contribution in [1.29, 1.82) is 0 Å². The maximum atomic E-state index is 5.50. The first-order valence-electron chi connectivity index (χ1n) is 8.63. The molecule has 1 saturated heterocycles. The van der Waals surface area contributed by atoms with Gasteiger partial charge in [-0.3, -0.25) is 0 Å². The summed E-state index contributed by atoms with van der Waals surface area (Å²) in [5.41, 5.74) is 4.14. The highest BCUT2D eigenvalue weighted by Crippen LogP contribution is 2.30. The minimum atomic E-state index is 0.822. The Morgan fingerprint density at radius 2 is 1.76 bits per heavy atom. The number of rotatable bonds is 4. The fraction of sp³-hybridized carbons (Fsp3) is 0.389. The zero-order valence-electron chi connectivity index (χ0n) is 14.6. The van der Waals surface area contributed by atoms with Gasteiger partial charge in [0.1, 0.15) is 12.1 Å². The average Bonchev–Trinajstić information content (AvgIpc) is 3.16. The van der Waals surface area contributed by atoms with E-state index in [9.17, 15) is 0 Å². The van der Waals surface area contributed by atoms with Crippen LogP contribution in [0.3, 0.4) is 0 Å². The highest BCUT2D eigenvalue weighted by molar-refractivity contribution is 5.69. The van der Waals surface area contributed by atoms with Gasteiger partial charge >= 0.3 is 0 Å². The van der Waals surface area contributed by atoms with E-state index in [0.717, 1.165) is 61.1 Å². The van der Waals surface area contributed by atoms with Crippen LogP contribution in [0.1, 0.15) is 12.6 Å². The number of aryl methyl sites for hydroxylation is 1. The van der Waals surface area contributed by atoms with Crippen molar-refractivity contribution in [3.8, 4) is 5.75 Å². The predicted octanol–water partition coefficient (Wildman–Crippen LogP) is 2.02. The Morgan fingerprint density at radius 1 is 1.04 bits per heavy atom. The van der Waals surface area contributed by atoms with Gasteiger partial charge in [-0.2, -0.15) is 9.61 Å². The number of fused-ring (bicyclic) bond motifs is 1. The third kappa shape index (κ3) is 2.86. The Labute approximate surface area is 146 Å². The highest BCUT2D eigenvalue weighted by atomic mass is 16.5. The molecule has 2 aromatic heterocycles. The molecule has 1 aliphatic heterocycles. The van der Waals surface area contributed by atoms with Crippen molar-refractivity contribution >= 4 is 17.0 Å². The number of methoxy groups -OCH3 is 1. The van der Waals surface area contributed by atoms with Crippen LogP contribution in [-0.4, -0.2) is 53.1 Å². The largest absolute Gasteiger partial charge is 0.495 e. The number of hydrogen-bond donors (Lipinski definition) is 0. The molecule has 0 spiro atoms. The lowest BCUT2D eigenvalue weighted by atomic mass is 10.2. The molecular weight excluding hydrogens is 316 g/mol. The number of anilines is 2. The number of ether oxygens (including phenoxy) is 1. The van der Waals surface area contributed by atoms with E-state index < -0.39 is 0 Å². The van der Waals surface area contributed by atoms with E-state index in [1.807, 2.05) is 12.1 Å². The number of hydrogen-bond acceptors (Lipinski definition) is 6. The van der Waals surface area contributed by atoms with E-state index in [-0.39, 0.29) is 0 Å². The first-order chi connectivity index (χ1) is 12.3. The van der Waals surface area contributed by atoms with Gasteiger partial charge in [-0.25, -0.2) is 0 Å². The normalized spacial score (nSPS) is 15.0. The molecule has 1 fully saturated rings. The summed E-state index contributed by atoms with van der Waals surface area (Å²) in [5.74, 6) is 0.924. The maximum absolute atomic E-state index is 5.50. The molecule has 7 heteroatoms. The van der Waals surface area contributed by atoms with E-state index in [0.29, 0.717) is 0 Å². The van der Waals surface area contributed by atoms with Crippen molar-refractivity contribution in [1.82, 2.24) is 19.8 Å². The molecule has 130 valence electrons. The summed E-state index contributed by atoms with van der Waals surface area (Å²) in [4.78, 5) is 4.75. The van der Waals surface area contributed by atoms with Gasteiger partial charge in [0.05, 0.1) is 24.2 Å². The molecule has 0 atom stereocenters. The summed E-state index contributed by atoms with van der Waals surface area (Å²) in [6.45, 7) is 5.83. The minimum absolute atomic E-state index is 0.822. The van der Waals surface area contributed by atoms with Crippen molar-refractivity contribution in [3.63, 3.8) is 0 Å². The molecule has 0 saturated carbocycles. The van der Waals surface area contributed by atoms with Crippen LogP contribution in [0.15, 0.2) is 36.7 Å². The van der Waals surface area contributed by atoms with Crippen LogP contribution in [0.5, 0.6) is 5.75 Å². The molecule has 1 aromatic carbocycles. The van der Waals surface area contributed by atoms with Crippen molar-refractivity contribution < 1.29 is 4.74 Å². The minimum Gasteiger partial charge on any atom is -0.495 e. The molecule has 0 amide bonds. The van der Waals surface area contributed by atoms with Gasteiger partial charge in [-0.05, 0) is 24.6 Å². The lowest BCUT2D eigenvalue weighted by Gasteiger charge is -2.37. The van der Waals surface area contributed by atoms with E-state index in [1.165, 1.54) is 0 Å². The fourth-order valence-corrected chi connectivity index (χ4v) is 3.35. The summed E-state index contributed by atoms with van der Waals surface area (Å²) in [7, 11) is 1.72. The van der Waals surface area contributed by atoms with Crippen molar-refractivity contribution in [3.05, 3.63) is 42.4 Å². The summed E-state index contributed by atoms with van der Waals surface area (Å²) in [6, 6.07) is 10.3. The van der Waals surface area contributed by atoms with E-state index in [4.69, 9.17) is 4.74 Å². The predicted molar refractivity (Wildman–Crippen MR) is 97.6 cm³/mol. The van der Waals surface area contributed by atoms with Crippen LogP contribution < -0.4 is 14.5 Å². The topological polar surface area (TPSA) is 58.8 Å². The van der Waals surface area contributed by atoms with E-state index >= 15 is 0 Å². The number of piperazine rings is 1. The molecule has 3 heterocycles. The summed E-state index contributed by atoms with van der Waals surface area (Å²) < 4.78 is 7.28. The Kier molecular flexibility index (Phi) is 4.13. The fourth-order valence-electron chi connectivity index (χ4n) is 3.35. The molecule has 0 bridgehead atoms. The first kappa shape index (κ1) is 15.7. The monoisotopic (exact) mass is 338 g/mol. The third-order valence-corrected chi connectivity index (χ3v) is 4.71. The van der Waals surface area contributed by atoms with Gasteiger partial charge < -0.3 is 14.5 Å². The van der Waals surface area contributed by atoms with Crippen LogP contribution in [0, 0.1) is 0 Å². The summed E-state index contributed by atoms with van der Waals surface area (Å²) in [5, 5.41) is 12.8. The SMILES string of the molecule is CCc1cc(N2CCN(c3ccccc3OC)CC2)c2nncn2n1. The Bertz CT molecular complexity index is 869. The van der Waals surface area contributed by atoms with Crippen LogP contribution in [0.4, 0.5) is 11.4 Å². The van der Waals surface area contributed by atoms with Gasteiger partial charge in [0.25, 0.3) is 0 Å². The highest BCUT2D eigenvalue weighted by Gasteiger charge is 2.22. The molecule has 0 N–H and O–H groups in total. The smallest absolute Gasteiger partial charge is 0.200 e. The van der Waals surface area contributed by atoms with Crippen LogP contribution >= 0.6 is 0 Å². The van der Waals surface area contributed by atoms with Crippen LogP contribution in [-0.2, 0) is 6.42 Å². The lowest BCUT2D eigenvalue weighted by molar-refractivity contribution is 0.413. The van der Waals surface area contributed by atoms with Gasteiger partial charge in [-0.15, -0.1) is 10.2 Å². The van der Waals surface area contributed by atoms with Gasteiger partial charge in [0, 0.05) is 26.2 Å². The second-order valence-electron chi connectivity index (χ2n) is 6.12.